The highest BCUT2D eigenvalue weighted by molar-refractivity contribution is 5.63. The van der Waals surface area contributed by atoms with Gasteiger partial charge in [-0.05, 0) is 25.2 Å². The molecule has 0 radical (unpaired) electrons. The van der Waals surface area contributed by atoms with Crippen molar-refractivity contribution in [2.45, 2.75) is 6.54 Å². The molecule has 5 heteroatoms. The van der Waals surface area contributed by atoms with E-state index in [1.807, 2.05) is 0 Å². The van der Waals surface area contributed by atoms with Crippen LogP contribution in [-0.2, 0) is 13.6 Å². The molecule has 90 valence electrons. The van der Waals surface area contributed by atoms with Crippen molar-refractivity contribution in [3.8, 4) is 11.3 Å². The Morgan fingerprint density at radius 3 is 2.82 bits per heavy atom. The van der Waals surface area contributed by atoms with E-state index in [0.29, 0.717) is 17.9 Å². The van der Waals surface area contributed by atoms with Gasteiger partial charge in [0.05, 0.1) is 17.7 Å². The Bertz CT molecular complexity index is 535. The van der Waals surface area contributed by atoms with Crippen LogP contribution in [-0.4, -0.2) is 16.6 Å². The van der Waals surface area contributed by atoms with E-state index in [1.165, 1.54) is 6.07 Å². The monoisotopic (exact) mass is 237 g/mol. The third-order valence-electron chi connectivity index (χ3n) is 2.54. The van der Waals surface area contributed by atoms with Crippen molar-refractivity contribution in [1.29, 1.82) is 0 Å². The SMILES string of the molecule is CNCc1ncn(C)c1-c1cc(F)ccc1F. The van der Waals surface area contributed by atoms with E-state index in [1.54, 1.807) is 25.0 Å². The van der Waals surface area contributed by atoms with Crippen molar-refractivity contribution in [1.82, 2.24) is 14.9 Å². The number of nitrogens with zero attached hydrogens (tertiary/aromatic N) is 2. The largest absolute Gasteiger partial charge is 0.333 e. The van der Waals surface area contributed by atoms with Crippen LogP contribution in [0.4, 0.5) is 8.78 Å². The molecule has 1 aromatic heterocycles. The Morgan fingerprint density at radius 1 is 1.35 bits per heavy atom. The molecule has 0 bridgehead atoms. The third kappa shape index (κ3) is 2.19. The van der Waals surface area contributed by atoms with Crippen LogP contribution in [0.2, 0.25) is 0 Å². The Balaban J connectivity index is 2.58. The highest BCUT2D eigenvalue weighted by Gasteiger charge is 2.15. The number of nitrogens with one attached hydrogen (secondary N) is 1. The molecule has 17 heavy (non-hydrogen) atoms. The Hall–Kier alpha value is -1.75. The van der Waals surface area contributed by atoms with E-state index in [4.69, 9.17) is 0 Å². The van der Waals surface area contributed by atoms with Crippen molar-refractivity contribution < 1.29 is 8.78 Å². The molecule has 0 amide bonds. The second-order valence-corrected chi connectivity index (χ2v) is 3.81. The molecule has 1 aromatic carbocycles. The van der Waals surface area contributed by atoms with Gasteiger partial charge in [-0.15, -0.1) is 0 Å². The Labute approximate surface area is 98.1 Å². The highest BCUT2D eigenvalue weighted by Crippen LogP contribution is 2.26. The average Bonchev–Trinajstić information content (AvgIpc) is 2.64. The van der Waals surface area contributed by atoms with Crippen molar-refractivity contribution in [2.24, 2.45) is 7.05 Å². The van der Waals surface area contributed by atoms with E-state index >= 15 is 0 Å². The zero-order valence-corrected chi connectivity index (χ0v) is 9.67. The van der Waals surface area contributed by atoms with Crippen LogP contribution in [0.1, 0.15) is 5.69 Å². The molecule has 3 nitrogen and oxygen atoms in total. The van der Waals surface area contributed by atoms with E-state index in [0.717, 1.165) is 12.1 Å². The number of aryl methyl sites for hydroxylation is 1. The van der Waals surface area contributed by atoms with Gasteiger partial charge in [-0.25, -0.2) is 13.8 Å². The van der Waals surface area contributed by atoms with Gasteiger partial charge in [0.2, 0.25) is 0 Å². The smallest absolute Gasteiger partial charge is 0.132 e. The van der Waals surface area contributed by atoms with Crippen LogP contribution in [0.5, 0.6) is 0 Å². The van der Waals surface area contributed by atoms with Gasteiger partial charge >= 0.3 is 0 Å². The number of halogens is 2. The summed E-state index contributed by atoms with van der Waals surface area (Å²) in [6.45, 7) is 0.506. The van der Waals surface area contributed by atoms with Gasteiger partial charge in [0, 0.05) is 19.2 Å². The molecular weight excluding hydrogens is 224 g/mol. The minimum Gasteiger partial charge on any atom is -0.333 e. The number of rotatable bonds is 3. The van der Waals surface area contributed by atoms with Crippen LogP contribution in [0, 0.1) is 11.6 Å². The van der Waals surface area contributed by atoms with Gasteiger partial charge in [0.15, 0.2) is 0 Å². The molecule has 0 aliphatic heterocycles. The maximum Gasteiger partial charge on any atom is 0.132 e. The first-order valence-corrected chi connectivity index (χ1v) is 5.23. The average molecular weight is 237 g/mol. The summed E-state index contributed by atoms with van der Waals surface area (Å²) >= 11 is 0. The molecule has 2 aromatic rings. The molecule has 0 saturated carbocycles. The summed E-state index contributed by atoms with van der Waals surface area (Å²) in [5.74, 6) is -0.912. The standard InChI is InChI=1S/C12H13F2N3/c1-15-6-11-12(17(2)7-16-11)9-5-8(13)3-4-10(9)14/h3-5,7,15H,6H2,1-2H3. The van der Waals surface area contributed by atoms with Gasteiger partial charge in [0.1, 0.15) is 11.6 Å². The second-order valence-electron chi connectivity index (χ2n) is 3.81. The summed E-state index contributed by atoms with van der Waals surface area (Å²) in [6, 6.07) is 3.42. The van der Waals surface area contributed by atoms with Gasteiger partial charge in [-0.1, -0.05) is 0 Å². The second kappa shape index (κ2) is 4.63. The lowest BCUT2D eigenvalue weighted by molar-refractivity contribution is 0.601. The molecule has 0 aliphatic rings. The number of imidazole rings is 1. The maximum atomic E-state index is 13.7. The normalized spacial score (nSPS) is 10.8. The van der Waals surface area contributed by atoms with Crippen LogP contribution in [0.15, 0.2) is 24.5 Å². The van der Waals surface area contributed by atoms with Crippen LogP contribution in [0.25, 0.3) is 11.3 Å². The molecule has 0 fully saturated rings. The first kappa shape index (κ1) is 11.7. The van der Waals surface area contributed by atoms with Gasteiger partial charge < -0.3 is 9.88 Å². The zero-order chi connectivity index (χ0) is 12.4. The van der Waals surface area contributed by atoms with E-state index in [9.17, 15) is 8.78 Å². The molecule has 0 aliphatic carbocycles. The summed E-state index contributed by atoms with van der Waals surface area (Å²) in [5, 5.41) is 2.95. The van der Waals surface area contributed by atoms with Gasteiger partial charge in [-0.3, -0.25) is 0 Å². The predicted molar refractivity (Wildman–Crippen MR) is 61.3 cm³/mol. The topological polar surface area (TPSA) is 29.9 Å². The number of aromatic nitrogens is 2. The molecule has 0 saturated heterocycles. The highest BCUT2D eigenvalue weighted by atomic mass is 19.1. The van der Waals surface area contributed by atoms with Gasteiger partial charge in [-0.2, -0.15) is 0 Å². The summed E-state index contributed by atoms with van der Waals surface area (Å²) in [7, 11) is 3.53. The maximum absolute atomic E-state index is 13.7. The number of benzene rings is 1. The lowest BCUT2D eigenvalue weighted by Gasteiger charge is -2.07. The molecule has 1 heterocycles. The fourth-order valence-electron chi connectivity index (χ4n) is 1.80. The van der Waals surface area contributed by atoms with Gasteiger partial charge in [0.25, 0.3) is 0 Å². The lowest BCUT2D eigenvalue weighted by Crippen LogP contribution is -2.07. The number of hydrogen-bond acceptors (Lipinski definition) is 2. The first-order chi connectivity index (χ1) is 8.13. The minimum absolute atomic E-state index is 0.232. The summed E-state index contributed by atoms with van der Waals surface area (Å²) < 4.78 is 28.6. The predicted octanol–water partition coefficient (Wildman–Crippen LogP) is 2.08. The molecule has 0 unspecified atom stereocenters. The van der Waals surface area contributed by atoms with Crippen LogP contribution >= 0.6 is 0 Å². The molecule has 2 rings (SSSR count). The molecule has 1 N–H and O–H groups in total. The summed E-state index contributed by atoms with van der Waals surface area (Å²) in [6.07, 6.45) is 1.59. The number of hydrogen-bond donors (Lipinski definition) is 1. The van der Waals surface area contributed by atoms with Crippen LogP contribution < -0.4 is 5.32 Å². The lowest BCUT2D eigenvalue weighted by atomic mass is 10.1. The molecule has 0 spiro atoms. The van der Waals surface area contributed by atoms with E-state index in [-0.39, 0.29) is 5.56 Å². The minimum atomic E-state index is -0.460. The molecule has 0 atom stereocenters. The first-order valence-electron chi connectivity index (χ1n) is 5.23. The Morgan fingerprint density at radius 2 is 2.12 bits per heavy atom. The van der Waals surface area contributed by atoms with Crippen molar-refractivity contribution in [2.75, 3.05) is 7.05 Å². The summed E-state index contributed by atoms with van der Waals surface area (Å²) in [5.41, 5.74) is 1.52. The zero-order valence-electron chi connectivity index (χ0n) is 9.67. The fourth-order valence-corrected chi connectivity index (χ4v) is 1.80. The molecular formula is C12H13F2N3. The Kier molecular flexibility index (Phi) is 3.19. The van der Waals surface area contributed by atoms with Crippen molar-refractivity contribution in [3.05, 3.63) is 41.9 Å². The van der Waals surface area contributed by atoms with E-state index < -0.39 is 11.6 Å². The fraction of sp³-hybridized carbons (Fsp3) is 0.250. The quantitative estimate of drug-likeness (QED) is 0.885. The van der Waals surface area contributed by atoms with E-state index in [2.05, 4.69) is 10.3 Å². The summed E-state index contributed by atoms with van der Waals surface area (Å²) in [4.78, 5) is 4.16. The van der Waals surface area contributed by atoms with Crippen molar-refractivity contribution >= 4 is 0 Å². The third-order valence-corrected chi connectivity index (χ3v) is 2.54. The van der Waals surface area contributed by atoms with Crippen LogP contribution in [0.3, 0.4) is 0 Å². The van der Waals surface area contributed by atoms with Crippen molar-refractivity contribution in [3.63, 3.8) is 0 Å².